The van der Waals surface area contributed by atoms with E-state index >= 15 is 0 Å². The van der Waals surface area contributed by atoms with E-state index in [0.29, 0.717) is 23.1 Å². The van der Waals surface area contributed by atoms with Crippen LogP contribution >= 0.6 is 0 Å². The summed E-state index contributed by atoms with van der Waals surface area (Å²) in [5.41, 5.74) is 7.54. The van der Waals surface area contributed by atoms with Gasteiger partial charge >= 0.3 is 5.97 Å². The number of hydrogen-bond acceptors (Lipinski definition) is 5. The molecule has 0 amide bonds. The van der Waals surface area contributed by atoms with Gasteiger partial charge in [0, 0.05) is 44.3 Å². The van der Waals surface area contributed by atoms with Crippen LogP contribution in [0.2, 0.25) is 0 Å². The summed E-state index contributed by atoms with van der Waals surface area (Å²) in [6.07, 6.45) is 1.41. The zero-order chi connectivity index (χ0) is 16.6. The van der Waals surface area contributed by atoms with Crippen LogP contribution in [0.25, 0.3) is 10.9 Å². The molecule has 1 aromatic heterocycles. The number of aromatic nitrogens is 1. The van der Waals surface area contributed by atoms with E-state index in [1.165, 1.54) is 6.20 Å². The number of hydrogen-bond donors (Lipinski definition) is 3. The molecule has 3 rings (SSSR count). The Bertz CT molecular complexity index is 822. The molecule has 122 valence electrons. The summed E-state index contributed by atoms with van der Waals surface area (Å²) in [6, 6.07) is 3.50. The normalized spacial score (nSPS) is 15.1. The lowest BCUT2D eigenvalue weighted by atomic mass is 10.1. The second kappa shape index (κ2) is 5.92. The van der Waals surface area contributed by atoms with Gasteiger partial charge in [0.2, 0.25) is 5.43 Å². The first-order chi connectivity index (χ1) is 11.0. The molecular weight excluding hydrogens is 296 g/mol. The standard InChI is InChI=1S/C16H20N4O3/c1-2-19-9-11(16(22)23)15(21)10-7-12(17)14(8-13(10)19)20-5-3-18-4-6-20/h7-9,18H,2-6,17H2,1H3,(H,22,23). The van der Waals surface area contributed by atoms with Gasteiger partial charge < -0.3 is 25.6 Å². The summed E-state index contributed by atoms with van der Waals surface area (Å²) in [5, 5.41) is 12.9. The first-order valence-electron chi connectivity index (χ1n) is 7.68. The van der Waals surface area contributed by atoms with Crippen LogP contribution in [0.1, 0.15) is 17.3 Å². The number of piperazine rings is 1. The van der Waals surface area contributed by atoms with E-state index in [9.17, 15) is 14.7 Å². The van der Waals surface area contributed by atoms with E-state index in [1.54, 1.807) is 10.6 Å². The number of benzene rings is 1. The summed E-state index contributed by atoms with van der Waals surface area (Å²) in [7, 11) is 0. The van der Waals surface area contributed by atoms with E-state index < -0.39 is 11.4 Å². The topological polar surface area (TPSA) is 101 Å². The van der Waals surface area contributed by atoms with Crippen LogP contribution in [0.5, 0.6) is 0 Å². The van der Waals surface area contributed by atoms with Gasteiger partial charge in [-0.1, -0.05) is 0 Å². The zero-order valence-electron chi connectivity index (χ0n) is 13.0. The second-order valence-electron chi connectivity index (χ2n) is 5.63. The average Bonchev–Trinajstić information content (AvgIpc) is 2.55. The molecule has 0 spiro atoms. The third-order valence-electron chi connectivity index (χ3n) is 4.26. The monoisotopic (exact) mass is 316 g/mol. The Morgan fingerprint density at radius 2 is 2.04 bits per heavy atom. The molecule has 0 bridgehead atoms. The molecule has 1 fully saturated rings. The summed E-state index contributed by atoms with van der Waals surface area (Å²) >= 11 is 0. The minimum Gasteiger partial charge on any atom is -0.477 e. The molecule has 1 aromatic carbocycles. The van der Waals surface area contributed by atoms with Crippen LogP contribution in [-0.4, -0.2) is 41.8 Å². The highest BCUT2D eigenvalue weighted by Gasteiger charge is 2.18. The van der Waals surface area contributed by atoms with Gasteiger partial charge in [0.1, 0.15) is 5.56 Å². The van der Waals surface area contributed by atoms with Crippen LogP contribution in [0.4, 0.5) is 11.4 Å². The van der Waals surface area contributed by atoms with Crippen molar-refractivity contribution in [2.45, 2.75) is 13.5 Å². The van der Waals surface area contributed by atoms with Crippen molar-refractivity contribution in [2.24, 2.45) is 0 Å². The molecule has 4 N–H and O–H groups in total. The number of carboxylic acids is 1. The van der Waals surface area contributed by atoms with Crippen molar-refractivity contribution in [3.63, 3.8) is 0 Å². The number of anilines is 2. The van der Waals surface area contributed by atoms with Crippen LogP contribution in [0.15, 0.2) is 23.1 Å². The second-order valence-corrected chi connectivity index (χ2v) is 5.63. The van der Waals surface area contributed by atoms with Crippen LogP contribution in [0, 0.1) is 0 Å². The lowest BCUT2D eigenvalue weighted by Crippen LogP contribution is -2.43. The highest BCUT2D eigenvalue weighted by atomic mass is 16.4. The summed E-state index contributed by atoms with van der Waals surface area (Å²) < 4.78 is 1.78. The number of fused-ring (bicyclic) bond motifs is 1. The van der Waals surface area contributed by atoms with Crippen molar-refractivity contribution in [3.05, 3.63) is 34.1 Å². The fraction of sp³-hybridized carbons (Fsp3) is 0.375. The van der Waals surface area contributed by atoms with Crippen LogP contribution in [0.3, 0.4) is 0 Å². The van der Waals surface area contributed by atoms with E-state index in [-0.39, 0.29) is 5.56 Å². The molecule has 1 aliphatic heterocycles. The largest absolute Gasteiger partial charge is 0.477 e. The number of carboxylic acid groups (broad SMARTS) is 1. The molecule has 1 aliphatic rings. The van der Waals surface area contributed by atoms with Crippen molar-refractivity contribution >= 4 is 28.2 Å². The number of aryl methyl sites for hydroxylation is 1. The first-order valence-corrected chi connectivity index (χ1v) is 7.68. The molecule has 0 aliphatic carbocycles. The molecule has 2 aromatic rings. The predicted molar refractivity (Wildman–Crippen MR) is 90.3 cm³/mol. The number of nitrogens with one attached hydrogen (secondary N) is 1. The smallest absolute Gasteiger partial charge is 0.341 e. The molecule has 0 saturated carbocycles. The Balaban J connectivity index is 2.24. The summed E-state index contributed by atoms with van der Waals surface area (Å²) in [6.45, 7) is 5.95. The third kappa shape index (κ3) is 2.63. The van der Waals surface area contributed by atoms with E-state index in [2.05, 4.69) is 10.2 Å². The fourth-order valence-corrected chi connectivity index (χ4v) is 3.04. The van der Waals surface area contributed by atoms with Crippen LogP contribution < -0.4 is 21.4 Å². The summed E-state index contributed by atoms with van der Waals surface area (Å²) in [5.74, 6) is -1.22. The van der Waals surface area contributed by atoms with Gasteiger partial charge in [0.15, 0.2) is 0 Å². The Morgan fingerprint density at radius 3 is 2.65 bits per heavy atom. The minimum atomic E-state index is -1.22. The number of rotatable bonds is 3. The van der Waals surface area contributed by atoms with E-state index in [4.69, 9.17) is 5.73 Å². The Morgan fingerprint density at radius 1 is 1.35 bits per heavy atom. The maximum Gasteiger partial charge on any atom is 0.341 e. The number of aromatic carboxylic acids is 1. The lowest BCUT2D eigenvalue weighted by Gasteiger charge is -2.30. The minimum absolute atomic E-state index is 0.228. The fourth-order valence-electron chi connectivity index (χ4n) is 3.04. The molecule has 1 saturated heterocycles. The number of carbonyl (C=O) groups is 1. The van der Waals surface area contributed by atoms with Crippen LogP contribution in [-0.2, 0) is 6.54 Å². The molecular formula is C16H20N4O3. The van der Waals surface area contributed by atoms with Crippen molar-refractivity contribution in [1.82, 2.24) is 9.88 Å². The van der Waals surface area contributed by atoms with Crippen molar-refractivity contribution in [1.29, 1.82) is 0 Å². The highest BCUT2D eigenvalue weighted by molar-refractivity contribution is 5.95. The van der Waals surface area contributed by atoms with Gasteiger partial charge in [-0.3, -0.25) is 4.79 Å². The van der Waals surface area contributed by atoms with Crippen molar-refractivity contribution in [2.75, 3.05) is 36.8 Å². The Hall–Kier alpha value is -2.54. The van der Waals surface area contributed by atoms with E-state index in [1.807, 2.05) is 13.0 Å². The molecule has 7 heteroatoms. The number of pyridine rings is 1. The Labute approximate surface area is 133 Å². The first kappa shape index (κ1) is 15.4. The van der Waals surface area contributed by atoms with Crippen molar-refractivity contribution in [3.8, 4) is 0 Å². The zero-order valence-corrected chi connectivity index (χ0v) is 13.0. The van der Waals surface area contributed by atoms with Gasteiger partial charge in [-0.2, -0.15) is 0 Å². The maximum atomic E-state index is 12.4. The van der Waals surface area contributed by atoms with Gasteiger partial charge in [-0.15, -0.1) is 0 Å². The molecule has 0 radical (unpaired) electrons. The van der Waals surface area contributed by atoms with Crippen molar-refractivity contribution < 1.29 is 9.90 Å². The molecule has 0 atom stereocenters. The maximum absolute atomic E-state index is 12.4. The highest BCUT2D eigenvalue weighted by Crippen LogP contribution is 2.28. The molecule has 0 unspecified atom stereocenters. The lowest BCUT2D eigenvalue weighted by molar-refractivity contribution is 0.0695. The van der Waals surface area contributed by atoms with Gasteiger partial charge in [-0.25, -0.2) is 4.79 Å². The number of nitrogen functional groups attached to an aromatic ring is 1. The molecule has 7 nitrogen and oxygen atoms in total. The van der Waals surface area contributed by atoms with Gasteiger partial charge in [0.25, 0.3) is 0 Å². The molecule has 23 heavy (non-hydrogen) atoms. The number of nitrogens with two attached hydrogens (primary N) is 1. The molecule has 2 heterocycles. The third-order valence-corrected chi connectivity index (χ3v) is 4.26. The SMILES string of the molecule is CCn1cc(C(=O)O)c(=O)c2cc(N)c(N3CCNCC3)cc21. The van der Waals surface area contributed by atoms with Gasteiger partial charge in [0.05, 0.1) is 16.9 Å². The van der Waals surface area contributed by atoms with Gasteiger partial charge in [-0.05, 0) is 19.1 Å². The average molecular weight is 316 g/mol. The Kier molecular flexibility index (Phi) is 3.96. The predicted octanol–water partition coefficient (Wildman–Crippen LogP) is 0.711. The van der Waals surface area contributed by atoms with E-state index in [0.717, 1.165) is 31.9 Å². The number of nitrogens with zero attached hydrogens (tertiary/aromatic N) is 2. The summed E-state index contributed by atoms with van der Waals surface area (Å²) in [4.78, 5) is 25.9. The quantitative estimate of drug-likeness (QED) is 0.721.